The maximum absolute atomic E-state index is 12.8. The number of hydrogen-bond acceptors (Lipinski definition) is 9. The van der Waals surface area contributed by atoms with E-state index >= 15 is 0 Å². The molecule has 1 aromatic carbocycles. The second-order valence-corrected chi connectivity index (χ2v) is 9.49. The van der Waals surface area contributed by atoms with Crippen LogP contribution < -0.4 is 10.5 Å². The van der Waals surface area contributed by atoms with E-state index < -0.39 is 35.2 Å². The molecule has 4 N–H and O–H groups in total. The van der Waals surface area contributed by atoms with Crippen LogP contribution in [-0.4, -0.2) is 71.0 Å². The minimum atomic E-state index is -1.11. The van der Waals surface area contributed by atoms with Crippen LogP contribution in [0.5, 0.6) is 5.75 Å². The van der Waals surface area contributed by atoms with Crippen LogP contribution in [0.4, 0.5) is 0 Å². The molecule has 1 aromatic rings. The van der Waals surface area contributed by atoms with E-state index in [1.165, 1.54) is 6.92 Å². The molecule has 1 fully saturated rings. The lowest BCUT2D eigenvalue weighted by atomic mass is 9.50. The molecule has 2 aliphatic carbocycles. The first-order chi connectivity index (χ1) is 15.8. The number of carbonyl (C=O) groups is 2. The van der Waals surface area contributed by atoms with Crippen molar-refractivity contribution in [2.45, 2.75) is 68.5 Å². The van der Waals surface area contributed by atoms with Gasteiger partial charge < -0.3 is 35.1 Å². The lowest BCUT2D eigenvalue weighted by Gasteiger charge is -2.61. The van der Waals surface area contributed by atoms with E-state index in [0.717, 1.165) is 17.7 Å². The number of carbonyl (C=O) groups excluding carboxylic acids is 2. The fourth-order valence-corrected chi connectivity index (χ4v) is 6.25. The van der Waals surface area contributed by atoms with Gasteiger partial charge >= 0.3 is 11.9 Å². The SMILES string of the molecule is C[C@H](OC(=O)CCN)C(=O)OC1=CC[C@@]2(O)[C@H]3Cc4ccc(CO)c5c4C2(CCN3C)C1O5. The summed E-state index contributed by atoms with van der Waals surface area (Å²) in [6, 6.07) is 3.75. The highest BCUT2D eigenvalue weighted by Crippen LogP contribution is 2.64. The maximum atomic E-state index is 12.8. The molecule has 2 unspecified atom stereocenters. The summed E-state index contributed by atoms with van der Waals surface area (Å²) in [6.07, 6.45) is 1.50. The van der Waals surface area contributed by atoms with Crippen LogP contribution >= 0.6 is 0 Å². The maximum Gasteiger partial charge on any atom is 0.352 e. The van der Waals surface area contributed by atoms with Gasteiger partial charge in [0.1, 0.15) is 11.5 Å². The van der Waals surface area contributed by atoms with Crippen molar-refractivity contribution >= 4 is 11.9 Å². The standard InChI is InChI=1S/C24H30N2O7/c1-13(31-18(28)6-9-25)22(29)32-16-5-7-24(30)17-11-14-3-4-15(12-27)20-19(14)23(24,21(16)33-20)8-10-26(17)2/h3-5,13,17,21,27,30H,6-12,25H2,1-2H3/t13-,17+,21?,23?,24+/m0/s1. The summed E-state index contributed by atoms with van der Waals surface area (Å²) < 4.78 is 17.2. The van der Waals surface area contributed by atoms with Gasteiger partial charge in [-0.3, -0.25) is 4.79 Å². The van der Waals surface area contributed by atoms with E-state index in [1.807, 2.05) is 19.2 Å². The Morgan fingerprint density at radius 1 is 1.39 bits per heavy atom. The number of rotatable bonds is 6. The summed E-state index contributed by atoms with van der Waals surface area (Å²) in [7, 11) is 2.02. The lowest BCUT2D eigenvalue weighted by molar-refractivity contribution is -0.175. The van der Waals surface area contributed by atoms with Crippen LogP contribution in [0.25, 0.3) is 0 Å². The fraction of sp³-hybridized carbons (Fsp3) is 0.583. The number of ether oxygens (including phenoxy) is 3. The predicted octanol–water partition coefficient (Wildman–Crippen LogP) is 0.280. The summed E-state index contributed by atoms with van der Waals surface area (Å²) in [6.45, 7) is 2.14. The Morgan fingerprint density at radius 2 is 2.18 bits per heavy atom. The van der Waals surface area contributed by atoms with Gasteiger partial charge in [-0.1, -0.05) is 12.1 Å². The summed E-state index contributed by atoms with van der Waals surface area (Å²) in [5.41, 5.74) is 6.13. The lowest BCUT2D eigenvalue weighted by Crippen LogP contribution is -2.74. The molecule has 2 aliphatic heterocycles. The van der Waals surface area contributed by atoms with Gasteiger partial charge in [0, 0.05) is 30.1 Å². The van der Waals surface area contributed by atoms with E-state index in [0.29, 0.717) is 36.3 Å². The predicted molar refractivity (Wildman–Crippen MR) is 116 cm³/mol. The first kappa shape index (κ1) is 22.3. The van der Waals surface area contributed by atoms with Gasteiger partial charge in [0.2, 0.25) is 0 Å². The van der Waals surface area contributed by atoms with Crippen LogP contribution in [0, 0.1) is 0 Å². The molecule has 9 nitrogen and oxygen atoms in total. The minimum Gasteiger partial charge on any atom is -0.481 e. The van der Waals surface area contributed by atoms with Gasteiger partial charge in [-0.25, -0.2) is 4.79 Å². The molecule has 1 spiro atoms. The third-order valence-corrected chi connectivity index (χ3v) is 7.83. The van der Waals surface area contributed by atoms with Crippen molar-refractivity contribution in [1.29, 1.82) is 0 Å². The average Bonchev–Trinajstić information content (AvgIpc) is 3.13. The molecule has 0 amide bonds. The molecule has 4 aliphatic rings. The Kier molecular flexibility index (Phi) is 5.28. The third-order valence-electron chi connectivity index (χ3n) is 7.83. The van der Waals surface area contributed by atoms with Crippen molar-refractivity contribution in [3.8, 4) is 5.75 Å². The Labute approximate surface area is 192 Å². The molecular weight excluding hydrogens is 428 g/mol. The Bertz CT molecular complexity index is 1040. The number of benzene rings is 1. The van der Waals surface area contributed by atoms with Crippen molar-refractivity contribution in [3.05, 3.63) is 40.7 Å². The molecule has 33 heavy (non-hydrogen) atoms. The molecule has 0 aromatic heterocycles. The van der Waals surface area contributed by atoms with Crippen molar-refractivity contribution in [1.82, 2.24) is 4.90 Å². The molecule has 0 radical (unpaired) electrons. The van der Waals surface area contributed by atoms with E-state index in [9.17, 15) is 19.8 Å². The van der Waals surface area contributed by atoms with Crippen LogP contribution in [0.1, 0.15) is 42.9 Å². The normalized spacial score (nSPS) is 32.3. The Morgan fingerprint density at radius 3 is 2.91 bits per heavy atom. The van der Waals surface area contributed by atoms with Crippen LogP contribution in [0.2, 0.25) is 0 Å². The Hall–Kier alpha value is -2.46. The molecule has 0 saturated carbocycles. The fourth-order valence-electron chi connectivity index (χ4n) is 6.25. The van der Waals surface area contributed by atoms with Crippen LogP contribution in [-0.2, 0) is 37.5 Å². The highest BCUT2D eigenvalue weighted by atomic mass is 16.6. The van der Waals surface area contributed by atoms with E-state index in [2.05, 4.69) is 4.90 Å². The molecule has 1 saturated heterocycles. The molecule has 2 heterocycles. The van der Waals surface area contributed by atoms with E-state index in [1.54, 1.807) is 6.08 Å². The zero-order chi connectivity index (χ0) is 23.5. The van der Waals surface area contributed by atoms with Crippen molar-refractivity contribution in [3.63, 3.8) is 0 Å². The van der Waals surface area contributed by atoms with Gasteiger partial charge in [-0.15, -0.1) is 0 Å². The number of esters is 2. The molecule has 2 bridgehead atoms. The minimum absolute atomic E-state index is 0.0130. The Balaban J connectivity index is 1.53. The van der Waals surface area contributed by atoms with Gasteiger partial charge in [0.05, 0.1) is 24.0 Å². The number of piperidine rings is 1. The number of aliphatic hydroxyl groups is 2. The second-order valence-electron chi connectivity index (χ2n) is 9.49. The summed E-state index contributed by atoms with van der Waals surface area (Å²) >= 11 is 0. The first-order valence-electron chi connectivity index (χ1n) is 11.4. The van der Waals surface area contributed by atoms with Crippen LogP contribution in [0.3, 0.4) is 0 Å². The summed E-state index contributed by atoms with van der Waals surface area (Å²) in [5.74, 6) is -0.397. The second kappa shape index (κ2) is 7.80. The summed E-state index contributed by atoms with van der Waals surface area (Å²) in [5, 5.41) is 22.1. The highest BCUT2D eigenvalue weighted by molar-refractivity contribution is 5.80. The third kappa shape index (κ3) is 2.99. The number of nitrogens with zero attached hydrogens (tertiary/aromatic N) is 1. The van der Waals surface area contributed by atoms with E-state index in [-0.39, 0.29) is 25.6 Å². The van der Waals surface area contributed by atoms with Crippen molar-refractivity contribution in [2.24, 2.45) is 5.73 Å². The van der Waals surface area contributed by atoms with Gasteiger partial charge in [-0.2, -0.15) is 0 Å². The van der Waals surface area contributed by atoms with E-state index in [4.69, 9.17) is 19.9 Å². The zero-order valence-corrected chi connectivity index (χ0v) is 18.9. The molecular formula is C24H30N2O7. The van der Waals surface area contributed by atoms with Crippen LogP contribution in [0.15, 0.2) is 24.0 Å². The quantitative estimate of drug-likeness (QED) is 0.514. The monoisotopic (exact) mass is 458 g/mol. The van der Waals surface area contributed by atoms with Gasteiger partial charge in [0.25, 0.3) is 0 Å². The molecule has 9 heteroatoms. The highest BCUT2D eigenvalue weighted by Gasteiger charge is 2.71. The number of hydrogen-bond donors (Lipinski definition) is 3. The van der Waals surface area contributed by atoms with Gasteiger partial charge in [-0.05, 0) is 45.0 Å². The molecule has 178 valence electrons. The average molecular weight is 459 g/mol. The first-order valence-corrected chi connectivity index (χ1v) is 11.4. The van der Waals surface area contributed by atoms with Crippen molar-refractivity contribution < 1.29 is 34.0 Å². The topological polar surface area (TPSA) is 132 Å². The number of nitrogens with two attached hydrogens (primary N) is 1. The smallest absolute Gasteiger partial charge is 0.352 e. The molecule has 5 atom stereocenters. The number of aliphatic hydroxyl groups excluding tert-OH is 1. The summed E-state index contributed by atoms with van der Waals surface area (Å²) in [4.78, 5) is 26.7. The van der Waals surface area contributed by atoms with Crippen molar-refractivity contribution in [2.75, 3.05) is 20.1 Å². The zero-order valence-electron chi connectivity index (χ0n) is 18.9. The number of likely N-dealkylation sites (tertiary alicyclic amines) is 1. The number of likely N-dealkylation sites (N-methyl/N-ethyl adjacent to an activating group) is 1. The largest absolute Gasteiger partial charge is 0.481 e. The molecule has 5 rings (SSSR count). The van der Waals surface area contributed by atoms with Gasteiger partial charge in [0.15, 0.2) is 12.2 Å².